The molecule has 2 heterocycles. The summed E-state index contributed by atoms with van der Waals surface area (Å²) in [6.07, 6.45) is -0.310. The highest BCUT2D eigenvalue weighted by molar-refractivity contribution is 6.12. The monoisotopic (exact) mass is 565 g/mol. The summed E-state index contributed by atoms with van der Waals surface area (Å²) in [5, 5.41) is 10.8. The van der Waals surface area contributed by atoms with Gasteiger partial charge in [0.25, 0.3) is 5.91 Å². The van der Waals surface area contributed by atoms with Crippen LogP contribution in [-0.4, -0.2) is 105 Å². The molecule has 2 aliphatic heterocycles. The fourth-order valence-electron chi connectivity index (χ4n) is 4.76. The lowest BCUT2D eigenvalue weighted by Crippen LogP contribution is -2.49. The number of amides is 2. The van der Waals surface area contributed by atoms with Crippen LogP contribution in [0.25, 0.3) is 0 Å². The second-order valence-electron chi connectivity index (χ2n) is 9.76. The molecule has 2 N–H and O–H groups in total. The van der Waals surface area contributed by atoms with Gasteiger partial charge in [0.1, 0.15) is 11.9 Å². The first-order valence-electron chi connectivity index (χ1n) is 13.5. The van der Waals surface area contributed by atoms with Crippen LogP contribution in [0.1, 0.15) is 39.6 Å². The highest BCUT2D eigenvalue weighted by Gasteiger charge is 2.34. The largest absolute Gasteiger partial charge is 0.466 e. The van der Waals surface area contributed by atoms with E-state index in [1.165, 1.54) is 19.2 Å². The topological polar surface area (TPSA) is 142 Å². The average Bonchev–Trinajstić information content (AvgIpc) is 3.36. The van der Waals surface area contributed by atoms with Crippen molar-refractivity contribution in [2.24, 2.45) is 0 Å². The van der Waals surface area contributed by atoms with Gasteiger partial charge in [-0.2, -0.15) is 0 Å². The molecule has 0 aromatic heterocycles. The van der Waals surface area contributed by atoms with Crippen molar-refractivity contribution in [2.45, 2.75) is 19.4 Å². The Balaban J connectivity index is 1.25. The lowest BCUT2D eigenvalue weighted by atomic mass is 10.1. The van der Waals surface area contributed by atoms with Crippen molar-refractivity contribution in [2.75, 3.05) is 64.4 Å². The molecule has 1 atom stereocenters. The van der Waals surface area contributed by atoms with Gasteiger partial charge >= 0.3 is 18.0 Å². The van der Waals surface area contributed by atoms with E-state index in [1.54, 1.807) is 48.2 Å². The Morgan fingerprint density at radius 1 is 1.00 bits per heavy atom. The Morgan fingerprint density at radius 3 is 2.37 bits per heavy atom. The van der Waals surface area contributed by atoms with E-state index in [2.05, 4.69) is 19.9 Å². The number of nitrogens with one attached hydrogen (secondary N) is 2. The zero-order valence-electron chi connectivity index (χ0n) is 23.3. The fraction of sp³-hybridized carbons (Fsp3) is 0.414. The Kier molecular flexibility index (Phi) is 10.0. The van der Waals surface area contributed by atoms with Crippen molar-refractivity contribution in [1.29, 1.82) is 5.41 Å². The van der Waals surface area contributed by atoms with Crippen molar-refractivity contribution in [3.8, 4) is 0 Å². The van der Waals surface area contributed by atoms with Gasteiger partial charge in [-0.3, -0.25) is 24.8 Å². The molecule has 12 nitrogen and oxygen atoms in total. The predicted molar refractivity (Wildman–Crippen MR) is 150 cm³/mol. The number of methoxy groups -OCH3 is 1. The van der Waals surface area contributed by atoms with E-state index in [9.17, 15) is 19.2 Å². The summed E-state index contributed by atoms with van der Waals surface area (Å²) in [5.74, 6) is -1.38. The normalized spacial score (nSPS) is 17.6. The minimum Gasteiger partial charge on any atom is -0.466 e. The molecule has 2 aromatic carbocycles. The maximum Gasteiger partial charge on any atom is 0.414 e. The molecule has 4 rings (SSSR count). The Hall–Kier alpha value is -4.29. The van der Waals surface area contributed by atoms with Crippen LogP contribution in [0.4, 0.5) is 10.5 Å². The molecule has 2 fully saturated rings. The van der Waals surface area contributed by atoms with Crippen molar-refractivity contribution in [3.05, 3.63) is 65.2 Å². The van der Waals surface area contributed by atoms with E-state index in [0.29, 0.717) is 43.9 Å². The van der Waals surface area contributed by atoms with Crippen molar-refractivity contribution in [3.63, 3.8) is 0 Å². The number of amidine groups is 1. The van der Waals surface area contributed by atoms with Gasteiger partial charge in [-0.15, -0.1) is 0 Å². The predicted octanol–water partition coefficient (Wildman–Crippen LogP) is 2.12. The van der Waals surface area contributed by atoms with Crippen LogP contribution in [0.15, 0.2) is 48.5 Å². The number of hydrogen-bond acceptors (Lipinski definition) is 10. The van der Waals surface area contributed by atoms with Crippen LogP contribution in [0.2, 0.25) is 0 Å². The van der Waals surface area contributed by atoms with Crippen LogP contribution >= 0.6 is 0 Å². The SMILES string of the molecule is CCOC(=O)CCN1CCN(CC2CN(c3ccc(C(=N)NC(=O)c4cccc(C(=O)OC)c4)cc3)C(=O)O2)CC1. The lowest BCUT2D eigenvalue weighted by molar-refractivity contribution is -0.143. The standard InChI is InChI=1S/C29H35N5O7/c1-3-40-25(35)11-12-32-13-15-33(16-14-32)18-24-19-34(29(38)41-24)23-9-7-20(8-10-23)26(30)31-27(36)21-5-4-6-22(17-21)28(37)39-2/h4-10,17,24H,3,11-16,18-19H2,1-2H3,(H2,30,31,36). The van der Waals surface area contributed by atoms with Crippen molar-refractivity contribution >= 4 is 35.5 Å². The summed E-state index contributed by atoms with van der Waals surface area (Å²) in [6, 6.07) is 12.8. The van der Waals surface area contributed by atoms with Gasteiger partial charge in [-0.05, 0) is 49.4 Å². The number of carbonyl (C=O) groups is 4. The van der Waals surface area contributed by atoms with Gasteiger partial charge in [0.2, 0.25) is 0 Å². The molecule has 1 unspecified atom stereocenters. The van der Waals surface area contributed by atoms with Gasteiger partial charge in [-0.25, -0.2) is 9.59 Å². The molecule has 2 saturated heterocycles. The van der Waals surface area contributed by atoms with Gasteiger partial charge < -0.3 is 24.4 Å². The Bertz CT molecular complexity index is 1270. The first-order valence-corrected chi connectivity index (χ1v) is 13.5. The van der Waals surface area contributed by atoms with E-state index in [0.717, 1.165) is 26.2 Å². The summed E-state index contributed by atoms with van der Waals surface area (Å²) < 4.78 is 15.3. The second kappa shape index (κ2) is 13.9. The van der Waals surface area contributed by atoms with Crippen LogP contribution < -0.4 is 10.2 Å². The van der Waals surface area contributed by atoms with E-state index in [-0.39, 0.29) is 29.0 Å². The highest BCUT2D eigenvalue weighted by atomic mass is 16.6. The zero-order chi connectivity index (χ0) is 29.4. The van der Waals surface area contributed by atoms with E-state index in [1.807, 2.05) is 0 Å². The summed E-state index contributed by atoms with van der Waals surface area (Å²) in [5.41, 5.74) is 1.55. The molecule has 41 heavy (non-hydrogen) atoms. The number of rotatable bonds is 10. The van der Waals surface area contributed by atoms with Gasteiger partial charge in [0.05, 0.1) is 32.2 Å². The lowest BCUT2D eigenvalue weighted by Gasteiger charge is -2.35. The molecule has 0 aliphatic carbocycles. The molecule has 2 aromatic rings. The zero-order valence-corrected chi connectivity index (χ0v) is 23.3. The summed E-state index contributed by atoms with van der Waals surface area (Å²) in [7, 11) is 1.26. The number of ether oxygens (including phenoxy) is 3. The van der Waals surface area contributed by atoms with Crippen LogP contribution in [0.3, 0.4) is 0 Å². The number of cyclic esters (lactones) is 1. The number of hydrogen-bond donors (Lipinski definition) is 2. The summed E-state index contributed by atoms with van der Waals surface area (Å²) >= 11 is 0. The highest BCUT2D eigenvalue weighted by Crippen LogP contribution is 2.23. The Labute approximate surface area is 238 Å². The maximum atomic E-state index is 12.6. The molecule has 0 radical (unpaired) electrons. The number of carbonyl (C=O) groups excluding carboxylic acids is 4. The van der Waals surface area contributed by atoms with E-state index < -0.39 is 18.0 Å². The number of anilines is 1. The van der Waals surface area contributed by atoms with Crippen LogP contribution in [-0.2, 0) is 19.0 Å². The molecule has 0 spiro atoms. The maximum absolute atomic E-state index is 12.6. The number of piperazine rings is 1. The molecule has 2 aliphatic rings. The molecule has 0 saturated carbocycles. The minimum absolute atomic E-state index is 0.117. The molecular formula is C29H35N5O7. The van der Waals surface area contributed by atoms with Crippen molar-refractivity contribution < 1.29 is 33.4 Å². The average molecular weight is 566 g/mol. The third kappa shape index (κ3) is 7.89. The molecule has 0 bridgehead atoms. The van der Waals surface area contributed by atoms with Gasteiger partial charge in [0.15, 0.2) is 0 Å². The molecule has 12 heteroatoms. The first kappa shape index (κ1) is 29.7. The van der Waals surface area contributed by atoms with E-state index in [4.69, 9.17) is 14.9 Å². The molecule has 218 valence electrons. The first-order chi connectivity index (χ1) is 19.8. The van der Waals surface area contributed by atoms with Crippen LogP contribution in [0.5, 0.6) is 0 Å². The summed E-state index contributed by atoms with van der Waals surface area (Å²) in [4.78, 5) is 54.6. The third-order valence-electron chi connectivity index (χ3n) is 6.99. The number of nitrogens with zero attached hydrogens (tertiary/aromatic N) is 3. The van der Waals surface area contributed by atoms with Crippen LogP contribution in [0, 0.1) is 5.41 Å². The fourth-order valence-corrected chi connectivity index (χ4v) is 4.76. The Morgan fingerprint density at radius 2 is 1.68 bits per heavy atom. The number of benzene rings is 2. The smallest absolute Gasteiger partial charge is 0.414 e. The van der Waals surface area contributed by atoms with Gasteiger partial charge in [-0.1, -0.05) is 6.07 Å². The minimum atomic E-state index is -0.557. The summed E-state index contributed by atoms with van der Waals surface area (Å²) in [6.45, 7) is 7.24. The van der Waals surface area contributed by atoms with Crippen molar-refractivity contribution in [1.82, 2.24) is 15.1 Å². The molecular weight excluding hydrogens is 530 g/mol. The third-order valence-corrected chi connectivity index (χ3v) is 6.99. The second-order valence-corrected chi connectivity index (χ2v) is 9.76. The molecule has 2 amide bonds. The van der Waals surface area contributed by atoms with Gasteiger partial charge in [0, 0.05) is 56.1 Å². The van der Waals surface area contributed by atoms with E-state index >= 15 is 0 Å². The quantitative estimate of drug-likeness (QED) is 0.192. The number of esters is 2.